The molecule has 0 fully saturated rings. The van der Waals surface area contributed by atoms with Crippen LogP contribution >= 0.6 is 11.6 Å². The molecule has 104 valence electrons. The van der Waals surface area contributed by atoms with Gasteiger partial charge in [0.05, 0.1) is 29.6 Å². The van der Waals surface area contributed by atoms with Crippen LogP contribution in [0.2, 0.25) is 5.02 Å². The molecule has 2 aromatic rings. The number of hydrogen-bond donors (Lipinski definition) is 1. The van der Waals surface area contributed by atoms with Crippen molar-refractivity contribution < 1.29 is 9.53 Å². The van der Waals surface area contributed by atoms with Gasteiger partial charge < -0.3 is 15.0 Å². The van der Waals surface area contributed by atoms with Crippen LogP contribution in [-0.4, -0.2) is 17.6 Å². The van der Waals surface area contributed by atoms with Crippen molar-refractivity contribution in [3.8, 4) is 17.8 Å². The number of benzene rings is 1. The number of carbonyl (C=O) groups is 1. The Bertz CT molecular complexity index is 812. The van der Waals surface area contributed by atoms with Crippen LogP contribution in [0.4, 0.5) is 5.69 Å². The summed E-state index contributed by atoms with van der Waals surface area (Å²) in [6, 6.07) is 8.46. The number of aromatic nitrogens is 1. The van der Waals surface area contributed by atoms with Gasteiger partial charge in [0.15, 0.2) is 5.69 Å². The number of nitrogen functional groups attached to an aromatic ring is 1. The van der Waals surface area contributed by atoms with Gasteiger partial charge in [-0.3, -0.25) is 0 Å². The number of carbonyl (C=O) groups excluding carboxylic acids is 1. The van der Waals surface area contributed by atoms with E-state index in [0.717, 1.165) is 0 Å². The molecule has 1 aromatic heterocycles. The summed E-state index contributed by atoms with van der Waals surface area (Å²) in [5.74, 6) is -0.710. The second kappa shape index (κ2) is 5.58. The molecule has 1 aromatic carbocycles. The molecule has 0 aliphatic carbocycles. The van der Waals surface area contributed by atoms with E-state index in [0.29, 0.717) is 10.7 Å². The molecular formula is C14H9ClN4O2. The van der Waals surface area contributed by atoms with Crippen molar-refractivity contribution in [1.29, 1.82) is 10.5 Å². The number of hydrogen-bond acceptors (Lipinski definition) is 5. The Hall–Kier alpha value is -2.96. The van der Waals surface area contributed by atoms with Crippen molar-refractivity contribution in [1.82, 2.24) is 4.57 Å². The zero-order chi connectivity index (χ0) is 15.6. The number of nitrogens with zero attached hydrogens (tertiary/aromatic N) is 3. The largest absolute Gasteiger partial charge is 0.464 e. The highest BCUT2D eigenvalue weighted by molar-refractivity contribution is 6.30. The lowest BCUT2D eigenvalue weighted by Gasteiger charge is -2.10. The Kier molecular flexibility index (Phi) is 3.84. The van der Waals surface area contributed by atoms with Crippen LogP contribution in [0.3, 0.4) is 0 Å². The van der Waals surface area contributed by atoms with Gasteiger partial charge in [-0.15, -0.1) is 0 Å². The predicted molar refractivity (Wildman–Crippen MR) is 76.0 cm³/mol. The molecule has 2 rings (SSSR count). The smallest absolute Gasteiger partial charge is 0.357 e. The van der Waals surface area contributed by atoms with E-state index in [4.69, 9.17) is 22.6 Å². The van der Waals surface area contributed by atoms with E-state index in [-0.39, 0.29) is 22.5 Å². The van der Waals surface area contributed by atoms with E-state index in [1.807, 2.05) is 12.1 Å². The number of methoxy groups -OCH3 is 1. The minimum atomic E-state index is -0.710. The van der Waals surface area contributed by atoms with Gasteiger partial charge in [-0.25, -0.2) is 4.79 Å². The van der Waals surface area contributed by atoms with E-state index in [9.17, 15) is 10.1 Å². The van der Waals surface area contributed by atoms with Gasteiger partial charge in [0, 0.05) is 11.2 Å². The summed E-state index contributed by atoms with van der Waals surface area (Å²) in [6.07, 6.45) is 1.37. The Morgan fingerprint density at radius 1 is 1.33 bits per heavy atom. The van der Waals surface area contributed by atoms with Gasteiger partial charge in [0.1, 0.15) is 12.1 Å². The molecule has 21 heavy (non-hydrogen) atoms. The van der Waals surface area contributed by atoms with Crippen molar-refractivity contribution in [2.75, 3.05) is 12.8 Å². The van der Waals surface area contributed by atoms with E-state index in [1.165, 1.54) is 30.0 Å². The number of rotatable bonds is 2. The molecule has 0 aliphatic rings. The lowest BCUT2D eigenvalue weighted by atomic mass is 10.2. The van der Waals surface area contributed by atoms with Crippen LogP contribution in [0.1, 0.15) is 21.6 Å². The third kappa shape index (κ3) is 2.40. The molecule has 0 spiro atoms. The highest BCUT2D eigenvalue weighted by atomic mass is 35.5. The summed E-state index contributed by atoms with van der Waals surface area (Å²) in [6.45, 7) is 0. The molecule has 0 aliphatic heterocycles. The van der Waals surface area contributed by atoms with Gasteiger partial charge in [-0.2, -0.15) is 10.5 Å². The summed E-state index contributed by atoms with van der Waals surface area (Å²) < 4.78 is 6.01. The summed E-state index contributed by atoms with van der Waals surface area (Å²) in [5.41, 5.74) is 6.51. The van der Waals surface area contributed by atoms with Crippen molar-refractivity contribution in [3.05, 3.63) is 46.2 Å². The Morgan fingerprint density at radius 3 is 2.57 bits per heavy atom. The summed E-state index contributed by atoms with van der Waals surface area (Å²) in [7, 11) is 1.20. The molecule has 7 heteroatoms. The van der Waals surface area contributed by atoms with Crippen molar-refractivity contribution >= 4 is 23.3 Å². The van der Waals surface area contributed by atoms with Gasteiger partial charge in [0.25, 0.3) is 0 Å². The van der Waals surface area contributed by atoms with Gasteiger partial charge in [-0.05, 0) is 18.2 Å². The third-order valence-electron chi connectivity index (χ3n) is 2.88. The predicted octanol–water partition coefficient (Wildman–Crippen LogP) is 2.24. The summed E-state index contributed by atoms with van der Waals surface area (Å²) in [4.78, 5) is 11.9. The Labute approximate surface area is 125 Å². The lowest BCUT2D eigenvalue weighted by molar-refractivity contribution is 0.0593. The van der Waals surface area contributed by atoms with Gasteiger partial charge in [-0.1, -0.05) is 11.6 Å². The molecule has 1 heterocycles. The first-order chi connectivity index (χ1) is 10.0. The van der Waals surface area contributed by atoms with E-state index in [1.54, 1.807) is 6.07 Å². The molecule has 0 radical (unpaired) electrons. The molecule has 6 nitrogen and oxygen atoms in total. The first-order valence-electron chi connectivity index (χ1n) is 5.72. The number of ether oxygens (including phenoxy) is 1. The molecule has 0 atom stereocenters. The van der Waals surface area contributed by atoms with Crippen molar-refractivity contribution in [2.45, 2.75) is 0 Å². The zero-order valence-corrected chi connectivity index (χ0v) is 11.7. The van der Waals surface area contributed by atoms with E-state index in [2.05, 4.69) is 4.74 Å². The monoisotopic (exact) mass is 300 g/mol. The van der Waals surface area contributed by atoms with Gasteiger partial charge in [0.2, 0.25) is 0 Å². The van der Waals surface area contributed by atoms with Crippen LogP contribution in [0.25, 0.3) is 5.69 Å². The van der Waals surface area contributed by atoms with Crippen LogP contribution < -0.4 is 5.73 Å². The minimum absolute atomic E-state index is 0.00628. The maximum Gasteiger partial charge on any atom is 0.357 e. The molecule has 0 unspecified atom stereocenters. The highest BCUT2D eigenvalue weighted by Gasteiger charge is 2.23. The number of halogens is 1. The van der Waals surface area contributed by atoms with Crippen LogP contribution in [-0.2, 0) is 4.74 Å². The molecule has 0 saturated heterocycles. The van der Waals surface area contributed by atoms with Gasteiger partial charge >= 0.3 is 5.97 Å². The van der Waals surface area contributed by atoms with Crippen LogP contribution in [0, 0.1) is 22.7 Å². The Balaban J connectivity index is 2.82. The first kappa shape index (κ1) is 14.4. The number of esters is 1. The molecular weight excluding hydrogens is 292 g/mol. The molecule has 0 saturated carbocycles. The fourth-order valence-corrected chi connectivity index (χ4v) is 2.07. The number of nitriles is 2. The lowest BCUT2D eigenvalue weighted by Crippen LogP contribution is -2.11. The maximum atomic E-state index is 11.9. The van der Waals surface area contributed by atoms with Crippen LogP contribution in [0.5, 0.6) is 0 Å². The molecule has 0 amide bonds. The van der Waals surface area contributed by atoms with E-state index < -0.39 is 5.97 Å². The highest BCUT2D eigenvalue weighted by Crippen LogP contribution is 2.28. The standard InChI is InChI=1S/C14H9ClN4O2/c1-21-14(20)13-12(18)9(6-17)7-19(13)11-4-10(15)3-2-8(11)5-16/h2-4,7H,18H2,1H3. The second-order valence-electron chi connectivity index (χ2n) is 4.05. The van der Waals surface area contributed by atoms with Crippen molar-refractivity contribution in [3.63, 3.8) is 0 Å². The zero-order valence-electron chi connectivity index (χ0n) is 10.9. The summed E-state index contributed by atoms with van der Waals surface area (Å²) in [5, 5.41) is 18.6. The SMILES string of the molecule is COC(=O)c1c(N)c(C#N)cn1-c1cc(Cl)ccc1C#N. The molecule has 0 bridgehead atoms. The number of anilines is 1. The first-order valence-corrected chi connectivity index (χ1v) is 6.10. The van der Waals surface area contributed by atoms with Crippen LogP contribution in [0.15, 0.2) is 24.4 Å². The van der Waals surface area contributed by atoms with E-state index >= 15 is 0 Å². The topological polar surface area (TPSA) is 105 Å². The maximum absolute atomic E-state index is 11.9. The number of nitrogens with two attached hydrogens (primary N) is 1. The average Bonchev–Trinajstić information content (AvgIpc) is 2.83. The average molecular weight is 301 g/mol. The summed E-state index contributed by atoms with van der Waals surface area (Å²) >= 11 is 5.93. The third-order valence-corrected chi connectivity index (χ3v) is 3.12. The fourth-order valence-electron chi connectivity index (χ4n) is 1.90. The normalized spacial score (nSPS) is 9.71. The van der Waals surface area contributed by atoms with Crippen molar-refractivity contribution in [2.24, 2.45) is 0 Å². The molecule has 2 N–H and O–H groups in total. The minimum Gasteiger partial charge on any atom is -0.464 e. The fraction of sp³-hybridized carbons (Fsp3) is 0.0714. The second-order valence-corrected chi connectivity index (χ2v) is 4.49. The quantitative estimate of drug-likeness (QED) is 0.856. The Morgan fingerprint density at radius 2 is 2.00 bits per heavy atom.